The molecular formula is C21H16FN3O4. The van der Waals surface area contributed by atoms with Crippen LogP contribution in [0.3, 0.4) is 0 Å². The van der Waals surface area contributed by atoms with Crippen LogP contribution in [0.4, 0.5) is 4.39 Å². The van der Waals surface area contributed by atoms with Gasteiger partial charge in [-0.25, -0.2) is 4.39 Å². The number of fused-ring (bicyclic) bond motifs is 1. The fraction of sp³-hybridized carbons (Fsp3) is 0.143. The lowest BCUT2D eigenvalue weighted by molar-refractivity contribution is -0.145. The van der Waals surface area contributed by atoms with Crippen molar-refractivity contribution in [3.63, 3.8) is 0 Å². The molecule has 4 rings (SSSR count). The van der Waals surface area contributed by atoms with Gasteiger partial charge in [-0.15, -0.1) is 0 Å². The third kappa shape index (κ3) is 3.52. The van der Waals surface area contributed by atoms with E-state index >= 15 is 0 Å². The van der Waals surface area contributed by atoms with Crippen molar-refractivity contribution in [2.24, 2.45) is 0 Å². The first-order valence-electron chi connectivity index (χ1n) is 8.79. The summed E-state index contributed by atoms with van der Waals surface area (Å²) in [4.78, 5) is 30.0. The molecule has 3 aromatic rings. The minimum atomic E-state index is -0.645. The first-order valence-corrected chi connectivity index (χ1v) is 8.79. The largest absolute Gasteiger partial charge is 0.454 e. The molecule has 8 heteroatoms. The molecule has 0 fully saturated rings. The Balaban J connectivity index is 1.37. The van der Waals surface area contributed by atoms with Gasteiger partial charge in [-0.1, -0.05) is 42.1 Å². The van der Waals surface area contributed by atoms with E-state index in [0.717, 1.165) is 0 Å². The molecule has 0 spiro atoms. The first kappa shape index (κ1) is 18.5. The van der Waals surface area contributed by atoms with Crippen LogP contribution in [0.25, 0.3) is 17.1 Å². The maximum absolute atomic E-state index is 13.7. The number of ether oxygens (including phenoxy) is 1. The van der Waals surface area contributed by atoms with E-state index in [1.165, 1.54) is 11.0 Å². The molecule has 7 nitrogen and oxygen atoms in total. The van der Waals surface area contributed by atoms with Crippen LogP contribution in [0, 0.1) is 12.7 Å². The zero-order chi connectivity index (χ0) is 20.5. The normalized spacial score (nSPS) is 13.0. The fourth-order valence-electron chi connectivity index (χ4n) is 2.98. The second-order valence-electron chi connectivity index (χ2n) is 6.52. The monoisotopic (exact) mass is 393 g/mol. The molecule has 0 bridgehead atoms. The summed E-state index contributed by atoms with van der Waals surface area (Å²) in [7, 11) is 0. The topological polar surface area (TPSA) is 85.5 Å². The minimum Gasteiger partial charge on any atom is -0.454 e. The quantitative estimate of drug-likeness (QED) is 0.618. The lowest BCUT2D eigenvalue weighted by atomic mass is 10.1. The fourth-order valence-corrected chi connectivity index (χ4v) is 2.98. The van der Waals surface area contributed by atoms with Gasteiger partial charge in [0.1, 0.15) is 12.4 Å². The van der Waals surface area contributed by atoms with Gasteiger partial charge in [0.25, 0.3) is 11.8 Å². The Hall–Kier alpha value is -3.81. The third-order valence-electron chi connectivity index (χ3n) is 4.58. The Kier molecular flexibility index (Phi) is 4.67. The number of benzene rings is 2. The Morgan fingerprint density at radius 3 is 2.72 bits per heavy atom. The summed E-state index contributed by atoms with van der Waals surface area (Å²) in [5.74, 6) is -1.08. The third-order valence-corrected chi connectivity index (χ3v) is 4.58. The number of esters is 1. The van der Waals surface area contributed by atoms with Gasteiger partial charge in [-0.3, -0.25) is 14.5 Å². The zero-order valence-electron chi connectivity index (χ0n) is 15.5. The number of carbonyl (C=O) groups excluding carboxylic acids is 2. The van der Waals surface area contributed by atoms with Gasteiger partial charge in [0, 0.05) is 22.4 Å². The van der Waals surface area contributed by atoms with E-state index in [4.69, 9.17) is 9.26 Å². The van der Waals surface area contributed by atoms with Crippen molar-refractivity contribution in [3.8, 4) is 11.4 Å². The molecule has 0 atom stereocenters. The van der Waals surface area contributed by atoms with Crippen molar-refractivity contribution in [1.29, 1.82) is 0 Å². The molecule has 0 saturated heterocycles. The van der Waals surface area contributed by atoms with Crippen LogP contribution in [0.1, 0.15) is 27.4 Å². The molecule has 1 amide bonds. The summed E-state index contributed by atoms with van der Waals surface area (Å²) >= 11 is 0. The average Bonchev–Trinajstić information content (AvgIpc) is 3.28. The molecule has 0 N–H and O–H groups in total. The molecule has 29 heavy (non-hydrogen) atoms. The highest BCUT2D eigenvalue weighted by atomic mass is 19.1. The number of hydrogen-bond acceptors (Lipinski definition) is 6. The van der Waals surface area contributed by atoms with Gasteiger partial charge in [-0.05, 0) is 24.6 Å². The van der Waals surface area contributed by atoms with Crippen molar-refractivity contribution in [3.05, 3.63) is 77.4 Å². The lowest BCUT2D eigenvalue weighted by Crippen LogP contribution is -2.30. The Morgan fingerprint density at radius 1 is 1.24 bits per heavy atom. The van der Waals surface area contributed by atoms with Crippen LogP contribution in [-0.4, -0.2) is 33.5 Å². The number of hydrogen-bond donors (Lipinski definition) is 0. The number of rotatable bonds is 5. The van der Waals surface area contributed by atoms with Crippen molar-refractivity contribution in [2.45, 2.75) is 13.5 Å². The number of nitrogens with zero attached hydrogens (tertiary/aromatic N) is 3. The Labute approximate surface area is 165 Å². The smallest absolute Gasteiger partial charge is 0.326 e. The number of carbonyl (C=O) groups is 2. The highest BCUT2D eigenvalue weighted by Gasteiger charge is 2.32. The van der Waals surface area contributed by atoms with E-state index in [1.807, 2.05) is 0 Å². The average molecular weight is 393 g/mol. The molecule has 0 aliphatic carbocycles. The van der Waals surface area contributed by atoms with Crippen molar-refractivity contribution in [1.82, 2.24) is 15.0 Å². The number of halogens is 1. The van der Waals surface area contributed by atoms with E-state index in [1.54, 1.807) is 43.3 Å². The van der Waals surface area contributed by atoms with E-state index in [-0.39, 0.29) is 36.6 Å². The van der Waals surface area contributed by atoms with E-state index < -0.39 is 5.97 Å². The van der Waals surface area contributed by atoms with E-state index in [9.17, 15) is 14.0 Å². The molecule has 2 heterocycles. The highest BCUT2D eigenvalue weighted by Crippen LogP contribution is 2.30. The van der Waals surface area contributed by atoms with Gasteiger partial charge in [0.05, 0.1) is 0 Å². The van der Waals surface area contributed by atoms with Crippen LogP contribution >= 0.6 is 0 Å². The lowest BCUT2D eigenvalue weighted by Gasteiger charge is -2.15. The first-order chi connectivity index (χ1) is 13.9. The predicted molar refractivity (Wildman–Crippen MR) is 101 cm³/mol. The molecule has 0 saturated carbocycles. The summed E-state index contributed by atoms with van der Waals surface area (Å²) in [6.45, 7) is 4.98. The number of amides is 1. The minimum absolute atomic E-state index is 0.0594. The molecule has 146 valence electrons. The highest BCUT2D eigenvalue weighted by molar-refractivity contribution is 6.10. The molecule has 0 unspecified atom stereocenters. The molecule has 1 aliphatic heterocycles. The van der Waals surface area contributed by atoms with Crippen molar-refractivity contribution >= 4 is 17.6 Å². The Morgan fingerprint density at radius 2 is 2.00 bits per heavy atom. The summed E-state index contributed by atoms with van der Waals surface area (Å²) in [5, 5.41) is 3.77. The van der Waals surface area contributed by atoms with Crippen LogP contribution in [0.5, 0.6) is 0 Å². The van der Waals surface area contributed by atoms with Gasteiger partial charge in [0.2, 0.25) is 5.82 Å². The zero-order valence-corrected chi connectivity index (χ0v) is 15.5. The Bertz CT molecular complexity index is 1100. The maximum atomic E-state index is 13.7. The van der Waals surface area contributed by atoms with Gasteiger partial charge in [0.15, 0.2) is 6.61 Å². The summed E-state index contributed by atoms with van der Waals surface area (Å²) in [6.07, 6.45) is 0. The second-order valence-corrected chi connectivity index (χ2v) is 6.52. The molecule has 1 aromatic heterocycles. The summed E-state index contributed by atoms with van der Waals surface area (Å²) in [6, 6.07) is 11.6. The maximum Gasteiger partial charge on any atom is 0.326 e. The summed E-state index contributed by atoms with van der Waals surface area (Å²) in [5.41, 5.74) is 2.59. The van der Waals surface area contributed by atoms with Crippen LogP contribution in [0.2, 0.25) is 0 Å². The molecule has 1 aliphatic rings. The van der Waals surface area contributed by atoms with Crippen LogP contribution in [0.15, 0.2) is 53.6 Å². The van der Waals surface area contributed by atoms with Crippen molar-refractivity contribution < 1.29 is 23.2 Å². The predicted octanol–water partition coefficient (Wildman–Crippen LogP) is 3.35. The van der Waals surface area contributed by atoms with Gasteiger partial charge >= 0.3 is 5.97 Å². The van der Waals surface area contributed by atoms with Gasteiger partial charge in [-0.2, -0.15) is 4.98 Å². The second kappa shape index (κ2) is 7.31. The van der Waals surface area contributed by atoms with Gasteiger partial charge < -0.3 is 9.26 Å². The molecule has 0 radical (unpaired) electrons. The standard InChI is InChI=1S/C21H16FN3O4/c1-12-7-8-14(9-17(12)22)20-23-18(29-24-20)11-28-19(26)10-25-13(2)15-5-3-4-6-16(15)21(25)27/h3-9H,2,10-11H2,1H3. The summed E-state index contributed by atoms with van der Waals surface area (Å²) < 4.78 is 23.9. The van der Waals surface area contributed by atoms with Crippen molar-refractivity contribution in [2.75, 3.05) is 6.54 Å². The molecular weight excluding hydrogens is 377 g/mol. The van der Waals surface area contributed by atoms with Crippen LogP contribution < -0.4 is 0 Å². The van der Waals surface area contributed by atoms with Crippen LogP contribution in [-0.2, 0) is 16.1 Å². The number of aromatic nitrogens is 2. The SMILES string of the molecule is C=C1c2ccccc2C(=O)N1CC(=O)OCc1nc(-c2ccc(C)c(F)c2)no1. The van der Waals surface area contributed by atoms with E-state index in [2.05, 4.69) is 16.7 Å². The van der Waals surface area contributed by atoms with E-state index in [0.29, 0.717) is 28.0 Å². The number of aryl methyl sites for hydroxylation is 1. The molecule has 2 aromatic carbocycles.